The van der Waals surface area contributed by atoms with Crippen molar-refractivity contribution < 1.29 is 38.1 Å². The van der Waals surface area contributed by atoms with E-state index in [2.05, 4.69) is 20.3 Å². The zero-order chi connectivity index (χ0) is 25.8. The Kier molecular flexibility index (Phi) is 7.20. The van der Waals surface area contributed by atoms with Crippen LogP contribution in [-0.4, -0.2) is 68.3 Å². The lowest BCUT2D eigenvalue weighted by molar-refractivity contribution is -0.166. The van der Waals surface area contributed by atoms with Crippen LogP contribution in [0.5, 0.6) is 0 Å². The van der Waals surface area contributed by atoms with E-state index >= 15 is 0 Å². The number of nitrogens with zero attached hydrogens (tertiary/aromatic N) is 4. The van der Waals surface area contributed by atoms with E-state index in [1.165, 1.54) is 38.0 Å². The van der Waals surface area contributed by atoms with Gasteiger partial charge in [-0.05, 0) is 12.1 Å². The standard InChI is InChI=1S/C23H23N5O8/c1-12(29)33-9-16-18(34-13(2)30)19(35-14(3)31)23(36-16)28-11-26-17-20(24-10-25-21(17)28)27-22(32)15-7-5-4-6-8-15/h4-8,10-11,16,18-19,23H,9H2,1-3H3,(H,24,25,27,32)/t16-,18-,19-,23-/m1/s1/i27+1. The summed E-state index contributed by atoms with van der Waals surface area (Å²) < 4.78 is 23.4. The third-order valence-corrected chi connectivity index (χ3v) is 5.24. The van der Waals surface area contributed by atoms with Crippen molar-refractivity contribution >= 4 is 40.8 Å². The molecule has 0 aliphatic carbocycles. The highest BCUT2D eigenvalue weighted by molar-refractivity contribution is 6.06. The largest absolute Gasteiger partial charge is 0.463 e. The summed E-state index contributed by atoms with van der Waals surface area (Å²) in [6, 6.07) is 8.57. The van der Waals surface area contributed by atoms with E-state index in [-0.39, 0.29) is 23.6 Å². The normalized spacial score (nSPS) is 21.1. The summed E-state index contributed by atoms with van der Waals surface area (Å²) in [6.45, 7) is 3.37. The molecule has 3 heterocycles. The molecule has 13 nitrogen and oxygen atoms in total. The Bertz CT molecular complexity index is 1290. The number of aromatic nitrogens is 4. The summed E-state index contributed by atoms with van der Waals surface area (Å²) in [4.78, 5) is 60.4. The Labute approximate surface area is 204 Å². The highest BCUT2D eigenvalue weighted by Gasteiger charge is 2.51. The minimum atomic E-state index is -1.11. The molecular weight excluding hydrogens is 475 g/mol. The molecule has 1 amide bonds. The molecule has 0 bridgehead atoms. The van der Waals surface area contributed by atoms with Gasteiger partial charge in [-0.1, -0.05) is 18.2 Å². The maximum absolute atomic E-state index is 12.6. The molecule has 4 rings (SSSR count). The number of amides is 1. The van der Waals surface area contributed by atoms with Crippen LogP contribution in [0.25, 0.3) is 11.2 Å². The molecule has 0 radical (unpaired) electrons. The number of hydrogen-bond donors (Lipinski definition) is 1. The highest BCUT2D eigenvalue weighted by Crippen LogP contribution is 2.36. The topological polar surface area (TPSA) is 161 Å². The Morgan fingerprint density at radius 2 is 1.64 bits per heavy atom. The first-order valence-electron chi connectivity index (χ1n) is 10.9. The number of carbonyl (C=O) groups is 4. The van der Waals surface area contributed by atoms with E-state index in [9.17, 15) is 19.2 Å². The first-order chi connectivity index (χ1) is 17.2. The zero-order valence-corrected chi connectivity index (χ0v) is 19.6. The number of nitrogens with one attached hydrogen (secondary N) is 1. The average molecular weight is 498 g/mol. The fourth-order valence-corrected chi connectivity index (χ4v) is 3.82. The fraction of sp³-hybridized carbons (Fsp3) is 0.348. The lowest BCUT2D eigenvalue weighted by Gasteiger charge is -2.23. The molecule has 1 N–H and O–H groups in total. The van der Waals surface area contributed by atoms with Crippen molar-refractivity contribution in [1.82, 2.24) is 19.5 Å². The van der Waals surface area contributed by atoms with E-state index in [0.717, 1.165) is 0 Å². The van der Waals surface area contributed by atoms with Gasteiger partial charge in [-0.15, -0.1) is 0 Å². The predicted octanol–water partition coefficient (Wildman–Crippen LogP) is 1.40. The smallest absolute Gasteiger partial charge is 0.303 e. The fourth-order valence-electron chi connectivity index (χ4n) is 3.82. The second-order valence-electron chi connectivity index (χ2n) is 7.88. The van der Waals surface area contributed by atoms with Crippen molar-refractivity contribution in [2.24, 2.45) is 0 Å². The second-order valence-corrected chi connectivity index (χ2v) is 7.88. The van der Waals surface area contributed by atoms with Crippen LogP contribution in [0.4, 0.5) is 5.82 Å². The number of ether oxygens (including phenoxy) is 4. The van der Waals surface area contributed by atoms with Crippen molar-refractivity contribution in [2.45, 2.75) is 45.3 Å². The molecule has 3 aromatic rings. The molecule has 0 spiro atoms. The van der Waals surface area contributed by atoms with Crippen LogP contribution in [0, 0.1) is 0 Å². The molecule has 1 aromatic carbocycles. The van der Waals surface area contributed by atoms with E-state index in [0.29, 0.717) is 5.56 Å². The summed E-state index contributed by atoms with van der Waals surface area (Å²) in [7, 11) is 0. The summed E-state index contributed by atoms with van der Waals surface area (Å²) in [5, 5.41) is 2.71. The quantitative estimate of drug-likeness (QED) is 0.285. The Hall–Kier alpha value is -4.39. The number of benzene rings is 1. The average Bonchev–Trinajstić information content (AvgIpc) is 3.40. The van der Waals surface area contributed by atoms with Crippen LogP contribution < -0.4 is 5.32 Å². The molecule has 0 saturated carbocycles. The monoisotopic (exact) mass is 498 g/mol. The predicted molar refractivity (Wildman–Crippen MR) is 121 cm³/mol. The Morgan fingerprint density at radius 1 is 0.944 bits per heavy atom. The summed E-state index contributed by atoms with van der Waals surface area (Å²) in [5.41, 5.74) is 0.930. The number of anilines is 1. The van der Waals surface area contributed by atoms with Crippen LogP contribution in [0.3, 0.4) is 0 Å². The van der Waals surface area contributed by atoms with Gasteiger partial charge in [0.05, 0.1) is 6.33 Å². The van der Waals surface area contributed by atoms with Crippen molar-refractivity contribution in [1.29, 1.82) is 0 Å². The Balaban J connectivity index is 1.68. The molecule has 2 aromatic heterocycles. The van der Waals surface area contributed by atoms with Gasteiger partial charge in [0.25, 0.3) is 5.91 Å². The van der Waals surface area contributed by atoms with E-state index in [4.69, 9.17) is 18.9 Å². The molecule has 1 saturated heterocycles. The van der Waals surface area contributed by atoms with Crippen LogP contribution in [0.2, 0.25) is 0 Å². The molecule has 1 aliphatic heterocycles. The van der Waals surface area contributed by atoms with Crippen molar-refractivity contribution in [3.63, 3.8) is 0 Å². The molecule has 1 aliphatic rings. The van der Waals surface area contributed by atoms with Gasteiger partial charge in [0, 0.05) is 26.3 Å². The molecule has 36 heavy (non-hydrogen) atoms. The van der Waals surface area contributed by atoms with Crippen molar-refractivity contribution in [3.05, 3.63) is 48.5 Å². The first kappa shape index (κ1) is 24.7. The Morgan fingerprint density at radius 3 is 2.31 bits per heavy atom. The molecule has 4 atom stereocenters. The third kappa shape index (κ3) is 5.30. The first-order valence-corrected chi connectivity index (χ1v) is 10.9. The van der Waals surface area contributed by atoms with Crippen molar-refractivity contribution in [3.8, 4) is 0 Å². The minimum absolute atomic E-state index is 0.155. The lowest BCUT2D eigenvalue weighted by atomic mass is 10.1. The van der Waals surface area contributed by atoms with Gasteiger partial charge in [-0.2, -0.15) is 0 Å². The summed E-state index contributed by atoms with van der Waals surface area (Å²) >= 11 is 0. The lowest BCUT2D eigenvalue weighted by Crippen LogP contribution is -2.40. The number of carbonyl (C=O) groups excluding carboxylic acids is 4. The van der Waals surface area contributed by atoms with Crippen LogP contribution in [0.15, 0.2) is 43.0 Å². The van der Waals surface area contributed by atoms with Crippen LogP contribution >= 0.6 is 0 Å². The van der Waals surface area contributed by atoms with Gasteiger partial charge >= 0.3 is 17.9 Å². The van der Waals surface area contributed by atoms with Gasteiger partial charge in [0.2, 0.25) is 0 Å². The molecule has 13 heteroatoms. The second kappa shape index (κ2) is 10.5. The van der Waals surface area contributed by atoms with Gasteiger partial charge in [0.1, 0.15) is 19.0 Å². The summed E-state index contributed by atoms with van der Waals surface area (Å²) in [5.74, 6) is -2.09. The van der Waals surface area contributed by atoms with E-state index in [1.807, 2.05) is 0 Å². The minimum Gasteiger partial charge on any atom is -0.463 e. The van der Waals surface area contributed by atoms with Gasteiger partial charge in [0.15, 0.2) is 35.4 Å². The highest BCUT2D eigenvalue weighted by atomic mass is 16.7. The zero-order valence-electron chi connectivity index (χ0n) is 19.6. The van der Waals surface area contributed by atoms with E-state index in [1.54, 1.807) is 30.3 Å². The SMILES string of the molecule is CC(=O)OC[C@H]1O[C@@H](n2cnc3c([15NH]C(=O)c4ccccc4)ncnc32)[C@H](OC(C)=O)[C@@H]1OC(C)=O. The van der Waals surface area contributed by atoms with Gasteiger partial charge in [-0.3, -0.25) is 23.7 Å². The molecular formula is C23H23N5O8. The van der Waals surface area contributed by atoms with Crippen LogP contribution in [0.1, 0.15) is 37.4 Å². The van der Waals surface area contributed by atoms with Crippen LogP contribution in [-0.2, 0) is 33.3 Å². The van der Waals surface area contributed by atoms with Gasteiger partial charge in [-0.25, -0.2) is 15.0 Å². The van der Waals surface area contributed by atoms with E-state index < -0.39 is 48.4 Å². The third-order valence-electron chi connectivity index (χ3n) is 5.24. The molecule has 188 valence electrons. The maximum Gasteiger partial charge on any atom is 0.303 e. The molecule has 1 fully saturated rings. The maximum atomic E-state index is 12.6. The summed E-state index contributed by atoms with van der Waals surface area (Å²) in [6.07, 6.45) is -1.57. The number of fused-ring (bicyclic) bond motifs is 1. The van der Waals surface area contributed by atoms with Crippen molar-refractivity contribution in [2.75, 3.05) is 11.9 Å². The molecule has 0 unspecified atom stereocenters. The number of esters is 3. The number of imidazole rings is 1. The van der Waals surface area contributed by atoms with Gasteiger partial charge < -0.3 is 24.3 Å². The number of rotatable bonds is 7. The number of hydrogen-bond acceptors (Lipinski definition) is 11.